The van der Waals surface area contributed by atoms with Crippen LogP contribution < -0.4 is 10.1 Å². The van der Waals surface area contributed by atoms with Crippen LogP contribution in [-0.2, 0) is 14.3 Å². The van der Waals surface area contributed by atoms with Gasteiger partial charge in [0.1, 0.15) is 12.3 Å². The maximum atomic E-state index is 12.3. The van der Waals surface area contributed by atoms with Gasteiger partial charge in [-0.2, -0.15) is 0 Å². The second kappa shape index (κ2) is 8.32. The van der Waals surface area contributed by atoms with Crippen LogP contribution in [0.25, 0.3) is 0 Å². The lowest BCUT2D eigenvalue weighted by Crippen LogP contribution is -2.38. The molecule has 3 rings (SSSR count). The quantitative estimate of drug-likeness (QED) is 0.573. The Bertz CT molecular complexity index is 971. The Morgan fingerprint density at radius 3 is 2.31 bits per heavy atom. The van der Waals surface area contributed by atoms with E-state index in [2.05, 4.69) is 5.32 Å². The number of ether oxygens (including phenoxy) is 2. The minimum Gasteiger partial charge on any atom is -0.495 e. The normalized spacial score (nSPS) is 13.7. The third-order valence-electron chi connectivity index (χ3n) is 4.26. The van der Waals surface area contributed by atoms with Crippen molar-refractivity contribution in [1.82, 2.24) is 4.90 Å². The average molecular weight is 417 g/mol. The molecule has 0 saturated carbocycles. The molecule has 1 heterocycles. The van der Waals surface area contributed by atoms with E-state index in [1.165, 1.54) is 32.2 Å². The Morgan fingerprint density at radius 1 is 1.10 bits per heavy atom. The number of anilines is 1. The fourth-order valence-corrected chi connectivity index (χ4v) is 2.98. The Hall–Kier alpha value is -3.39. The number of halogens is 1. The molecule has 8 nitrogen and oxygen atoms in total. The zero-order valence-electron chi connectivity index (χ0n) is 15.6. The molecule has 1 aliphatic rings. The van der Waals surface area contributed by atoms with E-state index in [1.807, 2.05) is 0 Å². The molecule has 2 aromatic carbocycles. The van der Waals surface area contributed by atoms with Gasteiger partial charge in [0.15, 0.2) is 6.10 Å². The molecule has 150 valence electrons. The van der Waals surface area contributed by atoms with Gasteiger partial charge in [-0.25, -0.2) is 0 Å². The molecule has 0 saturated heterocycles. The lowest BCUT2D eigenvalue weighted by molar-refractivity contribution is -0.153. The van der Waals surface area contributed by atoms with Crippen LogP contribution in [0, 0.1) is 0 Å². The molecule has 9 heteroatoms. The number of rotatable bonds is 6. The largest absolute Gasteiger partial charge is 0.495 e. The number of imide groups is 1. The van der Waals surface area contributed by atoms with Crippen LogP contribution in [0.3, 0.4) is 0 Å². The van der Waals surface area contributed by atoms with Gasteiger partial charge in [-0.05, 0) is 37.3 Å². The molecule has 0 spiro atoms. The highest BCUT2D eigenvalue weighted by Crippen LogP contribution is 2.28. The molecule has 1 atom stereocenters. The van der Waals surface area contributed by atoms with E-state index in [0.29, 0.717) is 16.5 Å². The molecule has 0 fully saturated rings. The Kier molecular flexibility index (Phi) is 5.84. The fraction of sp³-hybridized carbons (Fsp3) is 0.200. The number of nitrogens with zero attached hydrogens (tertiary/aromatic N) is 1. The monoisotopic (exact) mass is 416 g/mol. The van der Waals surface area contributed by atoms with Crippen LogP contribution in [0.5, 0.6) is 5.75 Å². The standard InChI is InChI=1S/C20H17ClN2O6/c1-11(18(25)22-15-9-12(21)7-8-16(15)28-2)29-17(24)10-23-19(26)13-5-3-4-6-14(13)20(23)27/h3-9,11H,10H2,1-2H3,(H,22,25)/t11-/m1/s1. The first-order valence-electron chi connectivity index (χ1n) is 8.61. The van der Waals surface area contributed by atoms with Crippen LogP contribution in [0.15, 0.2) is 42.5 Å². The van der Waals surface area contributed by atoms with Gasteiger partial charge >= 0.3 is 5.97 Å². The van der Waals surface area contributed by atoms with Gasteiger partial charge in [0.25, 0.3) is 17.7 Å². The number of carbonyl (C=O) groups is 4. The van der Waals surface area contributed by atoms with Crippen molar-refractivity contribution < 1.29 is 28.7 Å². The molecule has 0 radical (unpaired) electrons. The molecule has 0 aliphatic carbocycles. The van der Waals surface area contributed by atoms with E-state index in [9.17, 15) is 19.2 Å². The summed E-state index contributed by atoms with van der Waals surface area (Å²) in [6.07, 6.45) is -1.18. The summed E-state index contributed by atoms with van der Waals surface area (Å²) in [5.41, 5.74) is 0.765. The zero-order valence-corrected chi connectivity index (χ0v) is 16.4. The van der Waals surface area contributed by atoms with Crippen LogP contribution in [0.4, 0.5) is 5.69 Å². The minimum atomic E-state index is -1.18. The van der Waals surface area contributed by atoms with Gasteiger partial charge in [-0.1, -0.05) is 23.7 Å². The smallest absolute Gasteiger partial charge is 0.326 e. The van der Waals surface area contributed by atoms with E-state index >= 15 is 0 Å². The second-order valence-electron chi connectivity index (χ2n) is 6.21. The zero-order chi connectivity index (χ0) is 21.1. The number of carbonyl (C=O) groups excluding carboxylic acids is 4. The summed E-state index contributed by atoms with van der Waals surface area (Å²) in [4.78, 5) is 49.9. The molecule has 0 unspecified atom stereocenters. The SMILES string of the molecule is COc1ccc(Cl)cc1NC(=O)[C@@H](C)OC(=O)CN1C(=O)c2ccccc2C1=O. The van der Waals surface area contributed by atoms with Crippen molar-refractivity contribution in [3.63, 3.8) is 0 Å². The van der Waals surface area contributed by atoms with Crippen molar-refractivity contribution in [2.24, 2.45) is 0 Å². The topological polar surface area (TPSA) is 102 Å². The summed E-state index contributed by atoms with van der Waals surface area (Å²) >= 11 is 5.92. The summed E-state index contributed by atoms with van der Waals surface area (Å²) < 4.78 is 10.2. The lowest BCUT2D eigenvalue weighted by Gasteiger charge is -2.17. The number of nitrogens with one attached hydrogen (secondary N) is 1. The van der Waals surface area contributed by atoms with Crippen LogP contribution in [0.2, 0.25) is 5.02 Å². The maximum absolute atomic E-state index is 12.3. The third kappa shape index (κ3) is 4.22. The Labute approximate surface area is 171 Å². The van der Waals surface area contributed by atoms with E-state index in [-0.39, 0.29) is 11.1 Å². The van der Waals surface area contributed by atoms with Crippen molar-refractivity contribution in [2.45, 2.75) is 13.0 Å². The Morgan fingerprint density at radius 2 is 1.72 bits per heavy atom. The predicted octanol–water partition coefficient (Wildman–Crippen LogP) is 2.52. The molecule has 29 heavy (non-hydrogen) atoms. The number of methoxy groups -OCH3 is 1. The lowest BCUT2D eigenvalue weighted by atomic mass is 10.1. The van der Waals surface area contributed by atoms with Crippen molar-refractivity contribution in [3.8, 4) is 5.75 Å². The third-order valence-corrected chi connectivity index (χ3v) is 4.50. The van der Waals surface area contributed by atoms with Gasteiger partial charge < -0.3 is 14.8 Å². The van der Waals surface area contributed by atoms with Gasteiger partial charge in [0, 0.05) is 5.02 Å². The van der Waals surface area contributed by atoms with Gasteiger partial charge in [0.2, 0.25) is 0 Å². The minimum absolute atomic E-state index is 0.226. The van der Waals surface area contributed by atoms with Crippen molar-refractivity contribution in [3.05, 3.63) is 58.6 Å². The second-order valence-corrected chi connectivity index (χ2v) is 6.64. The molecular weight excluding hydrogens is 400 g/mol. The van der Waals surface area contributed by atoms with Crippen molar-refractivity contribution >= 4 is 41.0 Å². The summed E-state index contributed by atoms with van der Waals surface area (Å²) in [7, 11) is 1.43. The average Bonchev–Trinajstić information content (AvgIpc) is 2.93. The Balaban J connectivity index is 1.61. The highest BCUT2D eigenvalue weighted by atomic mass is 35.5. The van der Waals surface area contributed by atoms with E-state index in [0.717, 1.165) is 4.90 Å². The molecule has 2 aromatic rings. The number of amides is 3. The van der Waals surface area contributed by atoms with Crippen LogP contribution in [-0.4, -0.2) is 48.3 Å². The summed E-state index contributed by atoms with van der Waals surface area (Å²) in [6, 6.07) is 10.9. The van der Waals surface area contributed by atoms with E-state index < -0.39 is 36.3 Å². The molecule has 0 bridgehead atoms. The molecule has 0 aromatic heterocycles. The molecule has 1 aliphatic heterocycles. The van der Waals surface area contributed by atoms with Crippen molar-refractivity contribution in [2.75, 3.05) is 19.0 Å². The predicted molar refractivity (Wildman–Crippen MR) is 104 cm³/mol. The van der Waals surface area contributed by atoms with Crippen molar-refractivity contribution in [1.29, 1.82) is 0 Å². The fourth-order valence-electron chi connectivity index (χ4n) is 2.81. The maximum Gasteiger partial charge on any atom is 0.326 e. The van der Waals surface area contributed by atoms with Gasteiger partial charge in [0.05, 0.1) is 23.9 Å². The molecular formula is C20H17ClN2O6. The van der Waals surface area contributed by atoms with Crippen LogP contribution in [0.1, 0.15) is 27.6 Å². The summed E-state index contributed by atoms with van der Waals surface area (Å²) in [5.74, 6) is -2.29. The van der Waals surface area contributed by atoms with E-state index in [1.54, 1.807) is 24.3 Å². The molecule has 3 amide bonds. The first kappa shape index (κ1) is 20.3. The first-order chi connectivity index (χ1) is 13.8. The molecule has 1 N–H and O–H groups in total. The van der Waals surface area contributed by atoms with E-state index in [4.69, 9.17) is 21.1 Å². The van der Waals surface area contributed by atoms with Gasteiger partial charge in [-0.15, -0.1) is 0 Å². The highest BCUT2D eigenvalue weighted by Gasteiger charge is 2.37. The summed E-state index contributed by atoms with van der Waals surface area (Å²) in [6.45, 7) is 0.775. The number of esters is 1. The van der Waals surface area contributed by atoms with Gasteiger partial charge in [-0.3, -0.25) is 24.1 Å². The number of fused-ring (bicyclic) bond motifs is 1. The van der Waals surface area contributed by atoms with Crippen LogP contribution >= 0.6 is 11.6 Å². The number of hydrogen-bond donors (Lipinski definition) is 1. The highest BCUT2D eigenvalue weighted by molar-refractivity contribution is 6.31. The first-order valence-corrected chi connectivity index (χ1v) is 8.98. The number of hydrogen-bond acceptors (Lipinski definition) is 6. The number of benzene rings is 2. The summed E-state index contributed by atoms with van der Waals surface area (Å²) in [5, 5.41) is 2.95.